The summed E-state index contributed by atoms with van der Waals surface area (Å²) in [4.78, 5) is 47.0. The number of hydrogen-bond donors (Lipinski definition) is 0. The van der Waals surface area contributed by atoms with Crippen LogP contribution < -0.4 is 14.2 Å². The van der Waals surface area contributed by atoms with Crippen LogP contribution in [0, 0.1) is 0 Å². The van der Waals surface area contributed by atoms with Crippen molar-refractivity contribution in [2.75, 3.05) is 0 Å². The zero-order chi connectivity index (χ0) is 20.7. The number of carbonyl (C=O) groups is 4. The highest BCUT2D eigenvalue weighted by Crippen LogP contribution is 2.35. The first-order valence-electron chi connectivity index (χ1n) is 8.27. The maximum atomic E-state index is 12.8. The fourth-order valence-electron chi connectivity index (χ4n) is 2.32. The van der Waals surface area contributed by atoms with Crippen LogP contribution in [0.3, 0.4) is 0 Å². The van der Waals surface area contributed by atoms with E-state index in [9.17, 15) is 19.2 Å². The van der Waals surface area contributed by atoms with Gasteiger partial charge in [0.25, 0.3) is 0 Å². The van der Waals surface area contributed by atoms with Crippen molar-refractivity contribution in [3.8, 4) is 17.2 Å². The molecule has 2 aromatic rings. The van der Waals surface area contributed by atoms with Gasteiger partial charge in [0.05, 0.1) is 0 Å². The van der Waals surface area contributed by atoms with E-state index < -0.39 is 23.7 Å². The molecule has 0 aliphatic carbocycles. The minimum absolute atomic E-state index is 0.0383. The summed E-state index contributed by atoms with van der Waals surface area (Å²) in [5, 5.41) is 0. The number of ketones is 1. The van der Waals surface area contributed by atoms with Crippen LogP contribution in [0.5, 0.6) is 17.2 Å². The van der Waals surface area contributed by atoms with Crippen LogP contribution in [0.4, 0.5) is 0 Å². The molecule has 0 saturated heterocycles. The molecule has 0 N–H and O–H groups in total. The van der Waals surface area contributed by atoms with Gasteiger partial charge in [-0.15, -0.1) is 0 Å². The predicted octanol–water partition coefficient (Wildman–Crippen LogP) is 3.36. The molecule has 0 bridgehead atoms. The highest BCUT2D eigenvalue weighted by molar-refractivity contribution is 6.11. The summed E-state index contributed by atoms with van der Waals surface area (Å²) in [6.45, 7) is 3.48. The largest absolute Gasteiger partial charge is 0.426 e. The molecule has 0 unspecified atom stereocenters. The molecule has 2 aromatic carbocycles. The van der Waals surface area contributed by atoms with Gasteiger partial charge in [-0.25, -0.2) is 0 Å². The van der Waals surface area contributed by atoms with E-state index in [1.54, 1.807) is 18.2 Å². The van der Waals surface area contributed by atoms with Crippen molar-refractivity contribution in [1.82, 2.24) is 0 Å². The second-order valence-corrected chi connectivity index (χ2v) is 5.68. The summed E-state index contributed by atoms with van der Waals surface area (Å²) < 4.78 is 15.1. The van der Waals surface area contributed by atoms with Gasteiger partial charge in [-0.1, -0.05) is 36.4 Å². The Balaban J connectivity index is 2.54. The Morgan fingerprint density at radius 1 is 0.750 bits per heavy atom. The van der Waals surface area contributed by atoms with E-state index in [-0.39, 0.29) is 22.8 Å². The van der Waals surface area contributed by atoms with E-state index in [0.29, 0.717) is 0 Å². The van der Waals surface area contributed by atoms with E-state index in [4.69, 9.17) is 14.2 Å². The van der Waals surface area contributed by atoms with Gasteiger partial charge in [0, 0.05) is 32.9 Å². The van der Waals surface area contributed by atoms with Crippen LogP contribution in [0.2, 0.25) is 0 Å². The number of rotatable bonds is 6. The van der Waals surface area contributed by atoms with Crippen molar-refractivity contribution in [3.05, 3.63) is 59.7 Å². The molecular formula is C21H18O7. The molecule has 0 spiro atoms. The third-order valence-electron chi connectivity index (χ3n) is 3.28. The van der Waals surface area contributed by atoms with Crippen molar-refractivity contribution in [1.29, 1.82) is 0 Å². The fraction of sp³-hybridized carbons (Fsp3) is 0.143. The van der Waals surface area contributed by atoms with E-state index in [1.807, 2.05) is 18.2 Å². The summed E-state index contributed by atoms with van der Waals surface area (Å²) in [5.74, 6) is -3.01. The third-order valence-corrected chi connectivity index (χ3v) is 3.28. The zero-order valence-electron chi connectivity index (χ0n) is 15.6. The molecule has 0 amide bonds. The maximum absolute atomic E-state index is 12.8. The lowest BCUT2D eigenvalue weighted by atomic mass is 10.1. The van der Waals surface area contributed by atoms with Crippen LogP contribution in [0.25, 0.3) is 6.08 Å². The van der Waals surface area contributed by atoms with Gasteiger partial charge in [0.2, 0.25) is 0 Å². The quantitative estimate of drug-likeness (QED) is 0.327. The van der Waals surface area contributed by atoms with Gasteiger partial charge < -0.3 is 14.2 Å². The first kappa shape index (κ1) is 20.6. The van der Waals surface area contributed by atoms with Crippen molar-refractivity contribution in [2.24, 2.45) is 0 Å². The van der Waals surface area contributed by atoms with Crippen LogP contribution in [-0.4, -0.2) is 23.7 Å². The Kier molecular flexibility index (Phi) is 6.81. The molecule has 0 saturated carbocycles. The summed E-state index contributed by atoms with van der Waals surface area (Å²) in [5.41, 5.74) is 0.629. The molecule has 0 heterocycles. The Bertz CT molecular complexity index is 905. The molecule has 0 atom stereocenters. The molecule has 0 aliphatic rings. The number of ether oxygens (including phenoxy) is 3. The molecule has 28 heavy (non-hydrogen) atoms. The first-order valence-corrected chi connectivity index (χ1v) is 8.27. The van der Waals surface area contributed by atoms with Gasteiger partial charge in [0.1, 0.15) is 22.8 Å². The lowest BCUT2D eigenvalue weighted by molar-refractivity contribution is -0.132. The van der Waals surface area contributed by atoms with Gasteiger partial charge in [-0.3, -0.25) is 19.2 Å². The topological polar surface area (TPSA) is 96.0 Å². The standard InChI is InChI=1S/C21H18O7/c1-13(22)26-17-11-19(27-14(2)23)21(20(12-17)28-15(3)24)18(25)10-9-16-7-5-4-6-8-16/h4-12H,1-3H3/b10-9+. The Labute approximate surface area is 161 Å². The lowest BCUT2D eigenvalue weighted by Gasteiger charge is -2.14. The van der Waals surface area contributed by atoms with Crippen LogP contribution in [0.1, 0.15) is 36.7 Å². The van der Waals surface area contributed by atoms with Gasteiger partial charge in [0.15, 0.2) is 5.78 Å². The number of allylic oxidation sites excluding steroid dienone is 1. The predicted molar refractivity (Wildman–Crippen MR) is 100 cm³/mol. The third kappa shape index (κ3) is 5.91. The van der Waals surface area contributed by atoms with Crippen LogP contribution >= 0.6 is 0 Å². The molecule has 2 rings (SSSR count). The van der Waals surface area contributed by atoms with Crippen molar-refractivity contribution in [2.45, 2.75) is 20.8 Å². The minimum atomic E-state index is -0.699. The SMILES string of the molecule is CC(=O)Oc1cc(OC(C)=O)c(C(=O)/C=C/c2ccccc2)c(OC(C)=O)c1. The molecule has 7 heteroatoms. The smallest absolute Gasteiger partial charge is 0.308 e. The molecule has 7 nitrogen and oxygen atoms in total. The second kappa shape index (κ2) is 9.27. The summed E-state index contributed by atoms with van der Waals surface area (Å²) in [6.07, 6.45) is 2.83. The lowest BCUT2D eigenvalue weighted by Crippen LogP contribution is -2.12. The van der Waals surface area contributed by atoms with E-state index in [2.05, 4.69) is 0 Å². The molecule has 0 aliphatic heterocycles. The van der Waals surface area contributed by atoms with Crippen molar-refractivity contribution in [3.63, 3.8) is 0 Å². The zero-order valence-corrected chi connectivity index (χ0v) is 15.6. The number of esters is 3. The Morgan fingerprint density at radius 2 is 1.25 bits per heavy atom. The average Bonchev–Trinajstić information content (AvgIpc) is 2.59. The van der Waals surface area contributed by atoms with Gasteiger partial charge >= 0.3 is 17.9 Å². The van der Waals surface area contributed by atoms with Gasteiger partial charge in [-0.05, 0) is 11.6 Å². The molecule has 0 fully saturated rings. The first-order chi connectivity index (χ1) is 13.3. The fourth-order valence-corrected chi connectivity index (χ4v) is 2.32. The molecule has 0 radical (unpaired) electrons. The molecule has 0 aromatic heterocycles. The van der Waals surface area contributed by atoms with Crippen LogP contribution in [-0.2, 0) is 14.4 Å². The highest BCUT2D eigenvalue weighted by atomic mass is 16.6. The van der Waals surface area contributed by atoms with Crippen molar-refractivity contribution < 1.29 is 33.4 Å². The van der Waals surface area contributed by atoms with Crippen molar-refractivity contribution >= 4 is 29.8 Å². The summed E-state index contributed by atoms with van der Waals surface area (Å²) in [7, 11) is 0. The second-order valence-electron chi connectivity index (χ2n) is 5.68. The Hall–Kier alpha value is -3.74. The highest BCUT2D eigenvalue weighted by Gasteiger charge is 2.22. The van der Waals surface area contributed by atoms with Gasteiger partial charge in [-0.2, -0.15) is 0 Å². The van der Waals surface area contributed by atoms with Crippen LogP contribution in [0.15, 0.2) is 48.5 Å². The molecule has 144 valence electrons. The monoisotopic (exact) mass is 382 g/mol. The number of benzene rings is 2. The number of hydrogen-bond acceptors (Lipinski definition) is 7. The number of carbonyl (C=O) groups excluding carboxylic acids is 4. The maximum Gasteiger partial charge on any atom is 0.308 e. The summed E-state index contributed by atoms with van der Waals surface area (Å²) in [6, 6.07) is 11.5. The average molecular weight is 382 g/mol. The van der Waals surface area contributed by atoms with E-state index in [1.165, 1.54) is 25.1 Å². The van der Waals surface area contributed by atoms with E-state index in [0.717, 1.165) is 19.4 Å². The normalized spacial score (nSPS) is 10.4. The van der Waals surface area contributed by atoms with E-state index >= 15 is 0 Å². The molecular weight excluding hydrogens is 364 g/mol. The minimum Gasteiger partial charge on any atom is -0.426 e. The summed E-state index contributed by atoms with van der Waals surface area (Å²) >= 11 is 0. The Morgan fingerprint density at radius 3 is 1.71 bits per heavy atom.